The molecule has 4 nitrogen and oxygen atoms in total. The van der Waals surface area contributed by atoms with E-state index >= 15 is 0 Å². The lowest BCUT2D eigenvalue weighted by atomic mass is 10.3. The number of hydrogen-bond donors (Lipinski definition) is 1. The molecule has 0 fully saturated rings. The van der Waals surface area contributed by atoms with Crippen LogP contribution in [0.4, 0.5) is 0 Å². The molecule has 6 heteroatoms. The molecule has 0 aliphatic heterocycles. The van der Waals surface area contributed by atoms with E-state index in [2.05, 4.69) is 16.4 Å². The fraction of sp³-hybridized carbons (Fsp3) is 0.125. The predicted molar refractivity (Wildman–Crippen MR) is 89.8 cm³/mol. The second-order valence-electron chi connectivity index (χ2n) is 4.57. The second-order valence-corrected chi connectivity index (χ2v) is 6.60. The predicted octanol–water partition coefficient (Wildman–Crippen LogP) is 4.10. The summed E-state index contributed by atoms with van der Waals surface area (Å²) in [6.07, 6.45) is 4.69. The van der Waals surface area contributed by atoms with Crippen LogP contribution in [0.2, 0.25) is 0 Å². The summed E-state index contributed by atoms with van der Waals surface area (Å²) in [5.74, 6) is 0.506. The van der Waals surface area contributed by atoms with Gasteiger partial charge < -0.3 is 9.73 Å². The fourth-order valence-electron chi connectivity index (χ4n) is 1.87. The monoisotopic (exact) mass is 330 g/mol. The van der Waals surface area contributed by atoms with E-state index < -0.39 is 0 Å². The Bertz CT molecular complexity index is 771. The first kappa shape index (κ1) is 14.7. The average Bonchev–Trinajstić information content (AvgIpc) is 3.24. The molecule has 0 aromatic carbocycles. The summed E-state index contributed by atoms with van der Waals surface area (Å²) in [4.78, 5) is 18.6. The van der Waals surface area contributed by atoms with E-state index in [1.807, 2.05) is 18.4 Å². The van der Waals surface area contributed by atoms with Gasteiger partial charge in [-0.1, -0.05) is 6.07 Å². The van der Waals surface area contributed by atoms with Gasteiger partial charge in [0.1, 0.15) is 10.8 Å². The molecule has 1 N–H and O–H groups in total. The summed E-state index contributed by atoms with van der Waals surface area (Å²) in [6, 6.07) is 7.64. The summed E-state index contributed by atoms with van der Waals surface area (Å²) in [6.45, 7) is 2.45. The first-order chi connectivity index (χ1) is 10.7. The molecule has 0 saturated heterocycles. The van der Waals surface area contributed by atoms with Crippen LogP contribution in [0.1, 0.15) is 16.3 Å². The first-order valence-electron chi connectivity index (χ1n) is 6.72. The molecule has 0 unspecified atom stereocenters. The number of thiazole rings is 1. The minimum atomic E-state index is -0.151. The normalized spacial score (nSPS) is 11.1. The summed E-state index contributed by atoms with van der Waals surface area (Å²) in [5.41, 5.74) is 0.962. The van der Waals surface area contributed by atoms with Crippen LogP contribution in [0.5, 0.6) is 0 Å². The van der Waals surface area contributed by atoms with Gasteiger partial charge in [-0.05, 0) is 36.6 Å². The lowest BCUT2D eigenvalue weighted by Crippen LogP contribution is -2.20. The van der Waals surface area contributed by atoms with Gasteiger partial charge in [0.25, 0.3) is 0 Å². The zero-order valence-corrected chi connectivity index (χ0v) is 13.5. The molecule has 0 saturated carbocycles. The summed E-state index contributed by atoms with van der Waals surface area (Å²) in [7, 11) is 0. The number of furan rings is 1. The van der Waals surface area contributed by atoms with E-state index in [-0.39, 0.29) is 5.91 Å². The van der Waals surface area contributed by atoms with Crippen molar-refractivity contribution in [1.29, 1.82) is 0 Å². The summed E-state index contributed by atoms with van der Waals surface area (Å²) < 4.78 is 5.14. The van der Waals surface area contributed by atoms with Crippen molar-refractivity contribution in [2.24, 2.45) is 0 Å². The number of aromatic nitrogens is 1. The van der Waals surface area contributed by atoms with E-state index in [1.165, 1.54) is 6.08 Å². The third-order valence-corrected chi connectivity index (χ3v) is 5.19. The number of aryl methyl sites for hydroxylation is 1. The van der Waals surface area contributed by atoms with Crippen molar-refractivity contribution in [1.82, 2.24) is 10.3 Å². The van der Waals surface area contributed by atoms with Crippen molar-refractivity contribution in [2.45, 2.75) is 13.5 Å². The van der Waals surface area contributed by atoms with E-state index in [9.17, 15) is 4.79 Å². The molecule has 1 amide bonds. The minimum absolute atomic E-state index is 0.151. The van der Waals surface area contributed by atoms with Crippen molar-refractivity contribution in [3.8, 4) is 9.88 Å². The van der Waals surface area contributed by atoms with Gasteiger partial charge >= 0.3 is 0 Å². The van der Waals surface area contributed by atoms with E-state index in [1.54, 1.807) is 47.1 Å². The molecule has 3 rings (SSSR count). The van der Waals surface area contributed by atoms with Crippen molar-refractivity contribution < 1.29 is 9.21 Å². The molecule has 0 bridgehead atoms. The fourth-order valence-corrected chi connectivity index (χ4v) is 3.67. The standard InChI is InChI=1S/C16H14N2O2S2/c1-11-14(22-16(18-11)13-5-3-9-21-13)10-17-15(19)7-6-12-4-2-8-20-12/h2-9H,10H2,1H3,(H,17,19)/b7-6+. The van der Waals surface area contributed by atoms with Gasteiger partial charge in [0.05, 0.1) is 23.4 Å². The number of hydrogen-bond acceptors (Lipinski definition) is 5. The van der Waals surface area contributed by atoms with Crippen molar-refractivity contribution in [2.75, 3.05) is 0 Å². The molecule has 22 heavy (non-hydrogen) atoms. The Kier molecular flexibility index (Phi) is 4.50. The first-order valence-corrected chi connectivity index (χ1v) is 8.41. The molecule has 0 radical (unpaired) electrons. The number of amides is 1. The molecule has 3 heterocycles. The van der Waals surface area contributed by atoms with Gasteiger partial charge in [-0.15, -0.1) is 22.7 Å². The third-order valence-electron chi connectivity index (χ3n) is 2.99. The largest absolute Gasteiger partial charge is 0.465 e. The highest BCUT2D eigenvalue weighted by Crippen LogP contribution is 2.30. The van der Waals surface area contributed by atoms with Gasteiger partial charge in [0.2, 0.25) is 5.91 Å². The zero-order valence-electron chi connectivity index (χ0n) is 11.9. The van der Waals surface area contributed by atoms with Crippen LogP contribution >= 0.6 is 22.7 Å². The quantitative estimate of drug-likeness (QED) is 0.717. The van der Waals surface area contributed by atoms with Gasteiger partial charge in [0, 0.05) is 11.0 Å². The number of nitrogens with one attached hydrogen (secondary N) is 1. The van der Waals surface area contributed by atoms with Gasteiger partial charge in [-0.2, -0.15) is 0 Å². The van der Waals surface area contributed by atoms with E-state index in [0.29, 0.717) is 12.3 Å². The van der Waals surface area contributed by atoms with Gasteiger partial charge in [0.15, 0.2) is 0 Å². The molecule has 112 valence electrons. The van der Waals surface area contributed by atoms with Gasteiger partial charge in [-0.3, -0.25) is 4.79 Å². The Labute approximate surface area is 136 Å². The maximum absolute atomic E-state index is 11.8. The number of thiophene rings is 1. The van der Waals surface area contributed by atoms with Crippen LogP contribution in [0.3, 0.4) is 0 Å². The van der Waals surface area contributed by atoms with Gasteiger partial charge in [-0.25, -0.2) is 4.98 Å². The molecule has 0 spiro atoms. The molecular formula is C16H14N2O2S2. The van der Waals surface area contributed by atoms with Crippen molar-refractivity contribution in [3.63, 3.8) is 0 Å². The van der Waals surface area contributed by atoms with Crippen LogP contribution in [0.25, 0.3) is 16.0 Å². The van der Waals surface area contributed by atoms with Crippen LogP contribution in [-0.2, 0) is 11.3 Å². The highest BCUT2D eigenvalue weighted by Gasteiger charge is 2.10. The second kappa shape index (κ2) is 6.72. The average molecular weight is 330 g/mol. The van der Waals surface area contributed by atoms with Crippen LogP contribution in [0, 0.1) is 6.92 Å². The smallest absolute Gasteiger partial charge is 0.244 e. The van der Waals surface area contributed by atoms with Crippen molar-refractivity contribution in [3.05, 3.63) is 58.3 Å². The number of rotatable bonds is 5. The Morgan fingerprint density at radius 1 is 1.41 bits per heavy atom. The lowest BCUT2D eigenvalue weighted by Gasteiger charge is -1.99. The highest BCUT2D eigenvalue weighted by atomic mass is 32.1. The number of carbonyl (C=O) groups is 1. The van der Waals surface area contributed by atoms with Crippen molar-refractivity contribution >= 4 is 34.7 Å². The molecule has 3 aromatic heterocycles. The van der Waals surface area contributed by atoms with Crippen LogP contribution in [-0.4, -0.2) is 10.9 Å². The summed E-state index contributed by atoms with van der Waals surface area (Å²) in [5, 5.41) is 5.90. The molecule has 0 aliphatic rings. The lowest BCUT2D eigenvalue weighted by molar-refractivity contribution is -0.116. The Balaban J connectivity index is 1.61. The minimum Gasteiger partial charge on any atom is -0.465 e. The Hall–Kier alpha value is -2.18. The zero-order chi connectivity index (χ0) is 15.4. The topological polar surface area (TPSA) is 55.1 Å². The van der Waals surface area contributed by atoms with E-state index in [4.69, 9.17) is 4.42 Å². The van der Waals surface area contributed by atoms with E-state index in [0.717, 1.165) is 20.5 Å². The third kappa shape index (κ3) is 3.52. The summed E-state index contributed by atoms with van der Waals surface area (Å²) >= 11 is 3.29. The van der Waals surface area contributed by atoms with Crippen LogP contribution in [0.15, 0.2) is 46.4 Å². The maximum Gasteiger partial charge on any atom is 0.244 e. The molecule has 3 aromatic rings. The molecule has 0 aliphatic carbocycles. The Morgan fingerprint density at radius 3 is 3.05 bits per heavy atom. The molecule has 0 atom stereocenters. The van der Waals surface area contributed by atoms with Crippen LogP contribution < -0.4 is 5.32 Å². The number of carbonyl (C=O) groups excluding carboxylic acids is 1. The number of nitrogens with zero attached hydrogens (tertiary/aromatic N) is 1. The highest BCUT2D eigenvalue weighted by molar-refractivity contribution is 7.21. The molecular weight excluding hydrogens is 316 g/mol. The Morgan fingerprint density at radius 2 is 2.32 bits per heavy atom. The SMILES string of the molecule is Cc1nc(-c2cccs2)sc1CNC(=O)/C=C/c1ccco1. The maximum atomic E-state index is 11.8.